The Labute approximate surface area is 146 Å². The maximum Gasteiger partial charge on any atom is 0.258 e. The van der Waals surface area contributed by atoms with Crippen molar-refractivity contribution >= 4 is 29.1 Å². The molecule has 0 bridgehead atoms. The van der Waals surface area contributed by atoms with E-state index in [1.807, 2.05) is 0 Å². The molecule has 7 heteroatoms. The lowest BCUT2D eigenvalue weighted by molar-refractivity contribution is -0.123. The summed E-state index contributed by atoms with van der Waals surface area (Å²) in [5, 5.41) is 3.84. The summed E-state index contributed by atoms with van der Waals surface area (Å²) < 4.78 is 10.8. The average Bonchev–Trinajstić information content (AvgIpc) is 2.54. The third-order valence-corrected chi connectivity index (χ3v) is 4.38. The Bertz CT molecular complexity index is 546. The van der Waals surface area contributed by atoms with Crippen molar-refractivity contribution in [2.75, 3.05) is 39.5 Å². The predicted octanol–water partition coefficient (Wildman–Crippen LogP) is 2.60. The molecule has 0 aliphatic carbocycles. The zero-order valence-corrected chi connectivity index (χ0v) is 14.9. The Morgan fingerprint density at radius 3 is 2.74 bits per heavy atom. The van der Waals surface area contributed by atoms with Crippen molar-refractivity contribution in [1.29, 1.82) is 0 Å². The number of nitrogens with zero attached hydrogens (tertiary/aromatic N) is 1. The summed E-state index contributed by atoms with van der Waals surface area (Å²) in [6, 6.07) is 4.90. The number of halogens is 2. The van der Waals surface area contributed by atoms with Gasteiger partial charge >= 0.3 is 0 Å². The van der Waals surface area contributed by atoms with E-state index in [1.54, 1.807) is 18.2 Å². The lowest BCUT2D eigenvalue weighted by Gasteiger charge is -2.40. The van der Waals surface area contributed by atoms with E-state index in [0.29, 0.717) is 22.3 Å². The molecular formula is C16H22Cl2N2O3. The molecule has 5 nitrogen and oxygen atoms in total. The van der Waals surface area contributed by atoms with E-state index in [1.165, 1.54) is 0 Å². The lowest BCUT2D eigenvalue weighted by atomic mass is 10.0. The van der Waals surface area contributed by atoms with Crippen LogP contribution in [0.4, 0.5) is 0 Å². The van der Waals surface area contributed by atoms with Crippen molar-refractivity contribution in [3.8, 4) is 5.75 Å². The largest absolute Gasteiger partial charge is 0.482 e. The molecule has 2 rings (SSSR count). The van der Waals surface area contributed by atoms with Crippen LogP contribution < -0.4 is 10.1 Å². The van der Waals surface area contributed by atoms with E-state index in [0.717, 1.165) is 26.3 Å². The number of carbonyl (C=O) groups is 1. The van der Waals surface area contributed by atoms with Gasteiger partial charge in [-0.15, -0.1) is 0 Å². The molecule has 1 amide bonds. The van der Waals surface area contributed by atoms with E-state index < -0.39 is 0 Å². The predicted molar refractivity (Wildman–Crippen MR) is 91.4 cm³/mol. The van der Waals surface area contributed by atoms with Crippen molar-refractivity contribution in [1.82, 2.24) is 10.2 Å². The van der Waals surface area contributed by atoms with Gasteiger partial charge < -0.3 is 14.8 Å². The van der Waals surface area contributed by atoms with Crippen LogP contribution in [-0.4, -0.2) is 55.8 Å². The number of hydrogen-bond donors (Lipinski definition) is 1. The molecule has 1 fully saturated rings. The van der Waals surface area contributed by atoms with E-state index in [9.17, 15) is 4.79 Å². The summed E-state index contributed by atoms with van der Waals surface area (Å²) in [5.74, 6) is 0.212. The quantitative estimate of drug-likeness (QED) is 0.846. The van der Waals surface area contributed by atoms with Crippen LogP contribution in [0.1, 0.15) is 13.8 Å². The average molecular weight is 361 g/mol. The van der Waals surface area contributed by atoms with E-state index in [2.05, 4.69) is 24.1 Å². The van der Waals surface area contributed by atoms with Crippen LogP contribution in [0.15, 0.2) is 18.2 Å². The molecule has 1 aliphatic heterocycles. The van der Waals surface area contributed by atoms with Crippen LogP contribution in [0.3, 0.4) is 0 Å². The molecule has 1 heterocycles. The van der Waals surface area contributed by atoms with Gasteiger partial charge in [-0.1, -0.05) is 23.2 Å². The Balaban J connectivity index is 1.79. The molecule has 0 spiro atoms. The van der Waals surface area contributed by atoms with Crippen LogP contribution >= 0.6 is 23.2 Å². The molecule has 1 aromatic rings. The van der Waals surface area contributed by atoms with Crippen LogP contribution in [0.2, 0.25) is 10.0 Å². The van der Waals surface area contributed by atoms with Gasteiger partial charge in [-0.05, 0) is 26.0 Å². The van der Waals surface area contributed by atoms with Crippen molar-refractivity contribution in [3.05, 3.63) is 28.2 Å². The zero-order valence-electron chi connectivity index (χ0n) is 13.4. The number of benzene rings is 1. The number of amides is 1. The first kappa shape index (κ1) is 18.3. The normalized spacial score (nSPS) is 16.2. The standard InChI is InChI=1S/C16H22Cl2N2O3/c1-16(2,20-5-7-22-8-6-20)11-19-15(21)10-23-14-9-12(17)3-4-13(14)18/h3-4,9H,5-8,10-11H2,1-2H3,(H,19,21). The van der Waals surface area contributed by atoms with Crippen molar-refractivity contribution in [2.45, 2.75) is 19.4 Å². The summed E-state index contributed by atoms with van der Waals surface area (Å²) >= 11 is 11.9. The fourth-order valence-corrected chi connectivity index (χ4v) is 2.71. The molecule has 1 aliphatic rings. The number of rotatable bonds is 6. The van der Waals surface area contributed by atoms with Crippen molar-refractivity contribution < 1.29 is 14.3 Å². The van der Waals surface area contributed by atoms with Crippen LogP contribution in [0, 0.1) is 0 Å². The van der Waals surface area contributed by atoms with Gasteiger partial charge in [-0.25, -0.2) is 0 Å². The molecule has 0 radical (unpaired) electrons. The second kappa shape index (κ2) is 8.20. The van der Waals surface area contributed by atoms with Crippen LogP contribution in [0.5, 0.6) is 5.75 Å². The second-order valence-electron chi connectivity index (χ2n) is 6.05. The highest BCUT2D eigenvalue weighted by molar-refractivity contribution is 6.34. The minimum atomic E-state index is -0.192. The van der Waals surface area contributed by atoms with Crippen molar-refractivity contribution in [2.24, 2.45) is 0 Å². The van der Waals surface area contributed by atoms with Crippen LogP contribution in [0.25, 0.3) is 0 Å². The third-order valence-electron chi connectivity index (χ3n) is 3.84. The maximum absolute atomic E-state index is 12.0. The topological polar surface area (TPSA) is 50.8 Å². The summed E-state index contributed by atoms with van der Waals surface area (Å²) in [7, 11) is 0. The van der Waals surface area contributed by atoms with Crippen molar-refractivity contribution in [3.63, 3.8) is 0 Å². The fraction of sp³-hybridized carbons (Fsp3) is 0.562. The molecule has 1 saturated heterocycles. The molecule has 0 saturated carbocycles. The fourth-order valence-electron chi connectivity index (χ4n) is 2.38. The molecule has 23 heavy (non-hydrogen) atoms. The maximum atomic E-state index is 12.0. The lowest BCUT2D eigenvalue weighted by Crippen LogP contribution is -2.55. The first-order chi connectivity index (χ1) is 10.9. The van der Waals surface area contributed by atoms with E-state index >= 15 is 0 Å². The second-order valence-corrected chi connectivity index (χ2v) is 6.90. The molecule has 1 aromatic carbocycles. The summed E-state index contributed by atoms with van der Waals surface area (Å²) in [4.78, 5) is 14.3. The molecular weight excluding hydrogens is 339 g/mol. The Hall–Kier alpha value is -1.01. The summed E-state index contributed by atoms with van der Waals surface area (Å²) in [6.07, 6.45) is 0. The first-order valence-electron chi connectivity index (χ1n) is 7.56. The van der Waals surface area contributed by atoms with E-state index in [4.69, 9.17) is 32.7 Å². The number of carbonyl (C=O) groups excluding carboxylic acids is 1. The van der Waals surface area contributed by atoms with Gasteiger partial charge in [0.2, 0.25) is 0 Å². The Morgan fingerprint density at radius 2 is 2.04 bits per heavy atom. The highest BCUT2D eigenvalue weighted by atomic mass is 35.5. The van der Waals surface area contributed by atoms with Gasteiger partial charge in [0.15, 0.2) is 6.61 Å². The SMILES string of the molecule is CC(C)(CNC(=O)COc1cc(Cl)ccc1Cl)N1CCOCC1. The Kier molecular flexibility index (Phi) is 6.53. The first-order valence-corrected chi connectivity index (χ1v) is 8.31. The number of ether oxygens (including phenoxy) is 2. The van der Waals surface area contributed by atoms with Gasteiger partial charge in [0, 0.05) is 36.3 Å². The molecule has 0 aromatic heterocycles. The van der Waals surface area contributed by atoms with Gasteiger partial charge in [0.1, 0.15) is 5.75 Å². The van der Waals surface area contributed by atoms with Gasteiger partial charge in [0.25, 0.3) is 5.91 Å². The van der Waals surface area contributed by atoms with Crippen LogP contribution in [-0.2, 0) is 9.53 Å². The highest BCUT2D eigenvalue weighted by Crippen LogP contribution is 2.27. The summed E-state index contributed by atoms with van der Waals surface area (Å²) in [5.41, 5.74) is -0.132. The summed E-state index contributed by atoms with van der Waals surface area (Å²) in [6.45, 7) is 7.86. The van der Waals surface area contributed by atoms with Gasteiger partial charge in [-0.2, -0.15) is 0 Å². The molecule has 0 unspecified atom stereocenters. The van der Waals surface area contributed by atoms with E-state index in [-0.39, 0.29) is 18.1 Å². The third kappa shape index (κ3) is 5.53. The minimum absolute atomic E-state index is 0.0980. The minimum Gasteiger partial charge on any atom is -0.482 e. The monoisotopic (exact) mass is 360 g/mol. The number of hydrogen-bond acceptors (Lipinski definition) is 4. The number of nitrogens with one attached hydrogen (secondary N) is 1. The Morgan fingerprint density at radius 1 is 1.35 bits per heavy atom. The van der Waals surface area contributed by atoms with Gasteiger partial charge in [0.05, 0.1) is 18.2 Å². The molecule has 1 N–H and O–H groups in total. The molecule has 0 atom stereocenters. The molecule has 128 valence electrons. The van der Waals surface area contributed by atoms with Gasteiger partial charge in [-0.3, -0.25) is 9.69 Å². The number of morpholine rings is 1. The smallest absolute Gasteiger partial charge is 0.258 e. The highest BCUT2D eigenvalue weighted by Gasteiger charge is 2.28. The zero-order chi connectivity index (χ0) is 16.9.